The fraction of sp³-hybridized carbons (Fsp3) is 0.552. The average Bonchev–Trinajstić information content (AvgIpc) is 3.50. The Balaban J connectivity index is 1.48. The molecule has 0 unspecified atom stereocenters. The minimum Gasteiger partial charge on any atom is -0.474 e. The summed E-state index contributed by atoms with van der Waals surface area (Å²) in [6.45, 7) is 3.15. The van der Waals surface area contributed by atoms with Gasteiger partial charge in [0, 0.05) is 31.3 Å². The van der Waals surface area contributed by atoms with E-state index in [-0.39, 0.29) is 30.9 Å². The van der Waals surface area contributed by atoms with Crippen LogP contribution < -0.4 is 10.1 Å². The summed E-state index contributed by atoms with van der Waals surface area (Å²) in [4.78, 5) is 54.5. The number of unbranched alkanes of at least 4 members (excludes halogenated alkanes) is 1. The summed E-state index contributed by atoms with van der Waals surface area (Å²) in [5.74, 6) is -0.0526. The van der Waals surface area contributed by atoms with Crippen LogP contribution >= 0.6 is 0 Å². The molecular formula is C29H39N5O7. The van der Waals surface area contributed by atoms with Gasteiger partial charge in [0.15, 0.2) is 5.82 Å². The number of aliphatic hydroxyl groups excluding tert-OH is 1. The number of hydrogen-bond donors (Lipinski definition) is 2. The Kier molecular flexibility index (Phi) is 11.3. The first-order valence-corrected chi connectivity index (χ1v) is 14.4. The van der Waals surface area contributed by atoms with E-state index in [4.69, 9.17) is 14.3 Å². The van der Waals surface area contributed by atoms with Crippen LogP contribution in [0.25, 0.3) is 11.4 Å². The van der Waals surface area contributed by atoms with Crippen LogP contribution in [0.3, 0.4) is 0 Å². The van der Waals surface area contributed by atoms with Crippen LogP contribution in [0.2, 0.25) is 0 Å². The molecule has 12 nitrogen and oxygen atoms in total. The van der Waals surface area contributed by atoms with Gasteiger partial charge in [-0.3, -0.25) is 9.59 Å². The van der Waals surface area contributed by atoms with E-state index in [1.54, 1.807) is 11.8 Å². The van der Waals surface area contributed by atoms with E-state index in [1.807, 2.05) is 30.3 Å². The van der Waals surface area contributed by atoms with Crippen LogP contribution in [0, 0.1) is 0 Å². The minimum absolute atomic E-state index is 0.00700. The Morgan fingerprint density at radius 3 is 2.46 bits per heavy atom. The first-order valence-electron chi connectivity index (χ1n) is 14.4. The van der Waals surface area contributed by atoms with Crippen molar-refractivity contribution in [1.82, 2.24) is 25.2 Å². The van der Waals surface area contributed by atoms with Crippen LogP contribution in [0.15, 0.2) is 36.4 Å². The second kappa shape index (κ2) is 15.3. The second-order valence-electron chi connectivity index (χ2n) is 10.1. The number of carbonyl (C=O) groups is 3. The van der Waals surface area contributed by atoms with Crippen molar-refractivity contribution in [2.75, 3.05) is 39.4 Å². The van der Waals surface area contributed by atoms with Gasteiger partial charge in [-0.05, 0) is 51.9 Å². The topological polar surface area (TPSA) is 143 Å². The van der Waals surface area contributed by atoms with Gasteiger partial charge in [-0.2, -0.15) is 4.98 Å². The molecule has 1 aliphatic carbocycles. The minimum atomic E-state index is -0.819. The maximum atomic E-state index is 13.5. The zero-order valence-electron chi connectivity index (χ0n) is 23.5. The molecule has 2 aliphatic rings. The Labute approximate surface area is 239 Å². The van der Waals surface area contributed by atoms with Crippen molar-refractivity contribution in [3.05, 3.63) is 42.1 Å². The Hall–Kier alpha value is -3.77. The summed E-state index contributed by atoms with van der Waals surface area (Å²) in [6, 6.07) is 10.1. The average molecular weight is 570 g/mol. The van der Waals surface area contributed by atoms with Crippen molar-refractivity contribution < 1.29 is 33.8 Å². The number of benzene rings is 1. The van der Waals surface area contributed by atoms with E-state index in [2.05, 4.69) is 15.3 Å². The van der Waals surface area contributed by atoms with E-state index in [1.165, 1.54) is 11.1 Å². The zero-order chi connectivity index (χ0) is 29.0. The second-order valence-corrected chi connectivity index (χ2v) is 10.1. The molecule has 1 aromatic heterocycles. The molecule has 1 aliphatic heterocycles. The number of hydrogen-bond acceptors (Lipinski definition) is 10. The van der Waals surface area contributed by atoms with E-state index in [0.29, 0.717) is 57.1 Å². The predicted molar refractivity (Wildman–Crippen MR) is 149 cm³/mol. The number of hydroxylamine groups is 2. The van der Waals surface area contributed by atoms with Crippen LogP contribution in [0.1, 0.15) is 62.4 Å². The molecule has 2 N–H and O–H groups in total. The number of ether oxygens (including phenoxy) is 2. The van der Waals surface area contributed by atoms with Gasteiger partial charge >= 0.3 is 6.16 Å². The maximum absolute atomic E-state index is 13.5. The molecule has 2 aromatic rings. The molecule has 1 aromatic carbocycles. The third-order valence-corrected chi connectivity index (χ3v) is 7.08. The third kappa shape index (κ3) is 8.86. The number of nitrogens with zero attached hydrogens (tertiary/aromatic N) is 4. The van der Waals surface area contributed by atoms with Gasteiger partial charge in [0.2, 0.25) is 11.8 Å². The lowest BCUT2D eigenvalue weighted by atomic mass is 10.1. The van der Waals surface area contributed by atoms with Gasteiger partial charge in [-0.25, -0.2) is 9.78 Å². The fourth-order valence-electron chi connectivity index (χ4n) is 4.91. The number of carbonyl (C=O) groups excluding carboxylic acids is 3. The van der Waals surface area contributed by atoms with Crippen molar-refractivity contribution in [3.63, 3.8) is 0 Å². The van der Waals surface area contributed by atoms with Crippen LogP contribution in [0.4, 0.5) is 4.79 Å². The van der Waals surface area contributed by atoms with Crippen LogP contribution in [-0.2, 0) is 14.4 Å². The highest BCUT2D eigenvalue weighted by atomic mass is 16.8. The first-order chi connectivity index (χ1) is 20.0. The molecule has 1 saturated heterocycles. The largest absolute Gasteiger partial charge is 0.527 e. The molecule has 2 fully saturated rings. The fourth-order valence-corrected chi connectivity index (χ4v) is 4.91. The Morgan fingerprint density at radius 2 is 1.78 bits per heavy atom. The molecule has 2 amide bonds. The molecule has 1 atom stereocenters. The summed E-state index contributed by atoms with van der Waals surface area (Å²) in [6.07, 6.45) is 4.73. The number of piperazine rings is 1. The smallest absolute Gasteiger partial charge is 0.474 e. The summed E-state index contributed by atoms with van der Waals surface area (Å²) in [5.41, 5.74) is 0.858. The molecular weight excluding hydrogens is 530 g/mol. The lowest BCUT2D eigenvalue weighted by molar-refractivity contribution is -0.157. The van der Waals surface area contributed by atoms with Gasteiger partial charge in [0.05, 0.1) is 19.7 Å². The van der Waals surface area contributed by atoms with Crippen molar-refractivity contribution in [2.45, 2.75) is 64.0 Å². The zero-order valence-corrected chi connectivity index (χ0v) is 23.5. The third-order valence-electron chi connectivity index (χ3n) is 7.08. The van der Waals surface area contributed by atoms with Gasteiger partial charge in [-0.15, -0.1) is 5.06 Å². The lowest BCUT2D eigenvalue weighted by Gasteiger charge is -2.35. The normalized spacial score (nSPS) is 16.7. The standard InChI is InChI=1S/C29H39N5O7/c1-2-39-29(38)41-34-17-15-33(16-18-34)28(37)23(14-8-9-19-35)31-27(36)24-20-25(40-22-12-6-7-13-22)32-26(30-24)21-10-4-3-5-11-21/h3-5,10-11,20,22-23,35H,2,6-9,12-19H2,1H3,(H,31,36)/t23-/m0/s1. The summed E-state index contributed by atoms with van der Waals surface area (Å²) in [5, 5.41) is 13.6. The van der Waals surface area contributed by atoms with Gasteiger partial charge in [-0.1, -0.05) is 30.3 Å². The quantitative estimate of drug-likeness (QED) is 0.289. The van der Waals surface area contributed by atoms with E-state index < -0.39 is 18.1 Å². The first kappa shape index (κ1) is 30.2. The van der Waals surface area contributed by atoms with E-state index in [0.717, 1.165) is 31.2 Å². The van der Waals surface area contributed by atoms with Crippen molar-refractivity contribution >= 4 is 18.0 Å². The van der Waals surface area contributed by atoms with E-state index >= 15 is 0 Å². The lowest BCUT2D eigenvalue weighted by Crippen LogP contribution is -2.55. The molecule has 2 heterocycles. The molecule has 222 valence electrons. The molecule has 0 radical (unpaired) electrons. The Bertz CT molecular complexity index is 1150. The molecule has 0 spiro atoms. The van der Waals surface area contributed by atoms with Crippen molar-refractivity contribution in [2.24, 2.45) is 0 Å². The van der Waals surface area contributed by atoms with Crippen molar-refractivity contribution in [3.8, 4) is 17.3 Å². The number of rotatable bonds is 12. The van der Waals surface area contributed by atoms with Crippen LogP contribution in [0.5, 0.6) is 5.88 Å². The summed E-state index contributed by atoms with van der Waals surface area (Å²) < 4.78 is 10.9. The molecule has 4 rings (SSSR count). The highest BCUT2D eigenvalue weighted by Crippen LogP contribution is 2.25. The molecule has 0 bridgehead atoms. The maximum Gasteiger partial charge on any atom is 0.527 e. The van der Waals surface area contributed by atoms with Gasteiger partial charge in [0.1, 0.15) is 17.8 Å². The van der Waals surface area contributed by atoms with Gasteiger partial charge in [0.25, 0.3) is 5.91 Å². The van der Waals surface area contributed by atoms with Crippen molar-refractivity contribution in [1.29, 1.82) is 0 Å². The summed E-state index contributed by atoms with van der Waals surface area (Å²) in [7, 11) is 0. The number of aliphatic hydroxyl groups is 1. The number of aromatic nitrogens is 2. The number of nitrogens with one attached hydrogen (secondary N) is 1. The Morgan fingerprint density at radius 1 is 1.05 bits per heavy atom. The van der Waals surface area contributed by atoms with E-state index in [9.17, 15) is 19.5 Å². The van der Waals surface area contributed by atoms with Gasteiger partial charge < -0.3 is 29.6 Å². The number of amides is 2. The monoisotopic (exact) mass is 569 g/mol. The van der Waals surface area contributed by atoms with Crippen LogP contribution in [-0.4, -0.2) is 94.5 Å². The molecule has 1 saturated carbocycles. The predicted octanol–water partition coefficient (Wildman–Crippen LogP) is 2.96. The SMILES string of the molecule is CCOC(=O)ON1CCN(C(=O)[C@H](CCCCO)NC(=O)c2cc(OC3CCCC3)nc(-c3ccccc3)n2)CC1. The highest BCUT2D eigenvalue weighted by molar-refractivity contribution is 5.96. The molecule has 12 heteroatoms. The summed E-state index contributed by atoms with van der Waals surface area (Å²) >= 11 is 0. The molecule has 41 heavy (non-hydrogen) atoms. The highest BCUT2D eigenvalue weighted by Gasteiger charge is 2.30.